The summed E-state index contributed by atoms with van der Waals surface area (Å²) in [4.78, 5) is 0.795. The zero-order chi connectivity index (χ0) is 15.0. The molecule has 0 saturated heterocycles. The molecule has 0 aliphatic rings. The standard InChI is InChI=1S/C14H16N4O2S/c1-8(2)12-15-16-14-18(12)17-13(21-14)9-5-6-10(19-3)11(7-9)20-4/h5-8H,1-4H3. The van der Waals surface area contributed by atoms with E-state index >= 15 is 0 Å². The van der Waals surface area contributed by atoms with Gasteiger partial charge in [0.05, 0.1) is 14.2 Å². The SMILES string of the molecule is COc1ccc(-c2nn3c(C(C)C)nnc3s2)cc1OC. The molecule has 21 heavy (non-hydrogen) atoms. The fraction of sp³-hybridized carbons (Fsp3) is 0.357. The molecule has 7 heteroatoms. The predicted molar refractivity (Wildman–Crippen MR) is 81.3 cm³/mol. The van der Waals surface area contributed by atoms with E-state index in [1.54, 1.807) is 18.7 Å². The third-order valence-corrected chi connectivity index (χ3v) is 4.11. The van der Waals surface area contributed by atoms with Crippen LogP contribution >= 0.6 is 11.3 Å². The minimum Gasteiger partial charge on any atom is -0.493 e. The Bertz CT molecular complexity index is 778. The molecule has 2 aromatic heterocycles. The van der Waals surface area contributed by atoms with Gasteiger partial charge in [-0.2, -0.15) is 9.61 Å². The number of rotatable bonds is 4. The van der Waals surface area contributed by atoms with Gasteiger partial charge in [0.25, 0.3) is 0 Å². The van der Waals surface area contributed by atoms with Crippen LogP contribution in [0.15, 0.2) is 18.2 Å². The molecule has 6 nitrogen and oxygen atoms in total. The summed E-state index contributed by atoms with van der Waals surface area (Å²) in [6, 6.07) is 5.75. The minimum atomic E-state index is 0.278. The van der Waals surface area contributed by atoms with Gasteiger partial charge in [-0.05, 0) is 18.2 Å². The number of benzene rings is 1. The Kier molecular flexibility index (Phi) is 3.50. The first-order valence-corrected chi connectivity index (χ1v) is 7.40. The summed E-state index contributed by atoms with van der Waals surface area (Å²) >= 11 is 1.50. The Labute approximate surface area is 126 Å². The van der Waals surface area contributed by atoms with Crippen molar-refractivity contribution in [2.45, 2.75) is 19.8 Å². The van der Waals surface area contributed by atoms with Crippen LogP contribution in [0.25, 0.3) is 15.5 Å². The molecule has 0 atom stereocenters. The fourth-order valence-electron chi connectivity index (χ4n) is 2.08. The van der Waals surface area contributed by atoms with Gasteiger partial charge in [0, 0.05) is 11.5 Å². The van der Waals surface area contributed by atoms with E-state index in [1.807, 2.05) is 18.2 Å². The first-order valence-electron chi connectivity index (χ1n) is 6.58. The molecular formula is C14H16N4O2S. The maximum Gasteiger partial charge on any atom is 0.234 e. The second-order valence-electron chi connectivity index (χ2n) is 4.88. The molecule has 1 aromatic carbocycles. The summed E-state index contributed by atoms with van der Waals surface area (Å²) < 4.78 is 12.4. The molecule has 0 aliphatic heterocycles. The van der Waals surface area contributed by atoms with E-state index in [9.17, 15) is 0 Å². The zero-order valence-electron chi connectivity index (χ0n) is 12.3. The van der Waals surface area contributed by atoms with Gasteiger partial charge in [-0.15, -0.1) is 10.2 Å². The van der Waals surface area contributed by atoms with Gasteiger partial charge in [0.1, 0.15) is 5.01 Å². The zero-order valence-corrected chi connectivity index (χ0v) is 13.1. The molecule has 0 amide bonds. The van der Waals surface area contributed by atoms with Crippen molar-refractivity contribution in [3.8, 4) is 22.1 Å². The maximum atomic E-state index is 5.33. The van der Waals surface area contributed by atoms with Crippen LogP contribution in [0.4, 0.5) is 0 Å². The molecule has 0 bridgehead atoms. The topological polar surface area (TPSA) is 61.5 Å². The van der Waals surface area contributed by atoms with Gasteiger partial charge in [-0.3, -0.25) is 0 Å². The van der Waals surface area contributed by atoms with Crippen molar-refractivity contribution in [3.63, 3.8) is 0 Å². The third kappa shape index (κ3) is 2.33. The quantitative estimate of drug-likeness (QED) is 0.741. The molecule has 0 saturated carbocycles. The Balaban J connectivity index is 2.08. The van der Waals surface area contributed by atoms with Crippen molar-refractivity contribution in [2.75, 3.05) is 14.2 Å². The number of fused-ring (bicyclic) bond motifs is 1. The monoisotopic (exact) mass is 304 g/mol. The third-order valence-electron chi connectivity index (χ3n) is 3.16. The van der Waals surface area contributed by atoms with Crippen LogP contribution in [-0.2, 0) is 0 Å². The summed E-state index contributed by atoms with van der Waals surface area (Å²) in [6.45, 7) is 4.15. The molecule has 0 unspecified atom stereocenters. The van der Waals surface area contributed by atoms with Gasteiger partial charge in [0.15, 0.2) is 17.3 Å². The molecule has 0 spiro atoms. The lowest BCUT2D eigenvalue weighted by Gasteiger charge is -2.07. The van der Waals surface area contributed by atoms with E-state index in [2.05, 4.69) is 29.1 Å². The van der Waals surface area contributed by atoms with Crippen molar-refractivity contribution in [1.29, 1.82) is 0 Å². The van der Waals surface area contributed by atoms with E-state index < -0.39 is 0 Å². The first kappa shape index (κ1) is 13.8. The molecule has 110 valence electrons. The molecule has 0 fully saturated rings. The minimum absolute atomic E-state index is 0.278. The Morgan fingerprint density at radius 2 is 1.86 bits per heavy atom. The molecule has 0 aliphatic carbocycles. The van der Waals surface area contributed by atoms with Crippen LogP contribution in [0.3, 0.4) is 0 Å². The smallest absolute Gasteiger partial charge is 0.234 e. The number of hydrogen-bond donors (Lipinski definition) is 0. The second kappa shape index (κ2) is 5.33. The highest BCUT2D eigenvalue weighted by molar-refractivity contribution is 7.19. The van der Waals surface area contributed by atoms with E-state index in [-0.39, 0.29) is 5.92 Å². The van der Waals surface area contributed by atoms with E-state index in [0.29, 0.717) is 11.5 Å². The number of aromatic nitrogens is 4. The van der Waals surface area contributed by atoms with Crippen molar-refractivity contribution in [1.82, 2.24) is 19.8 Å². The average molecular weight is 304 g/mol. The van der Waals surface area contributed by atoms with Gasteiger partial charge < -0.3 is 9.47 Å². The number of hydrogen-bond acceptors (Lipinski definition) is 6. The lowest BCUT2D eigenvalue weighted by atomic mass is 10.2. The van der Waals surface area contributed by atoms with Crippen LogP contribution in [0.2, 0.25) is 0 Å². The Morgan fingerprint density at radius 1 is 1.10 bits per heavy atom. The van der Waals surface area contributed by atoms with Gasteiger partial charge >= 0.3 is 0 Å². The fourth-order valence-corrected chi connectivity index (χ4v) is 2.92. The van der Waals surface area contributed by atoms with E-state index in [1.165, 1.54) is 11.3 Å². The number of methoxy groups -OCH3 is 2. The molecule has 0 N–H and O–H groups in total. The summed E-state index contributed by atoms with van der Waals surface area (Å²) in [5, 5.41) is 13.8. The molecule has 2 heterocycles. The lowest BCUT2D eigenvalue weighted by Crippen LogP contribution is -1.98. The van der Waals surface area contributed by atoms with Crippen LogP contribution in [0, 0.1) is 0 Å². The first-order chi connectivity index (χ1) is 10.1. The average Bonchev–Trinajstić information content (AvgIpc) is 3.06. The van der Waals surface area contributed by atoms with Crippen LogP contribution in [-0.4, -0.2) is 34.0 Å². The highest BCUT2D eigenvalue weighted by atomic mass is 32.1. The van der Waals surface area contributed by atoms with Crippen LogP contribution < -0.4 is 9.47 Å². The summed E-state index contributed by atoms with van der Waals surface area (Å²) in [6.07, 6.45) is 0. The maximum absolute atomic E-state index is 5.33. The summed E-state index contributed by atoms with van der Waals surface area (Å²) in [5.41, 5.74) is 0.970. The second-order valence-corrected chi connectivity index (χ2v) is 5.84. The van der Waals surface area contributed by atoms with Crippen LogP contribution in [0.5, 0.6) is 11.5 Å². The van der Waals surface area contributed by atoms with Crippen LogP contribution in [0.1, 0.15) is 25.6 Å². The normalized spacial score (nSPS) is 11.3. The van der Waals surface area contributed by atoms with Gasteiger partial charge in [0.2, 0.25) is 4.96 Å². The summed E-state index contributed by atoms with van der Waals surface area (Å²) in [7, 11) is 3.24. The van der Waals surface area contributed by atoms with Gasteiger partial charge in [-0.1, -0.05) is 25.2 Å². The highest BCUT2D eigenvalue weighted by Crippen LogP contribution is 2.34. The molecule has 0 radical (unpaired) electrons. The lowest BCUT2D eigenvalue weighted by molar-refractivity contribution is 0.355. The Morgan fingerprint density at radius 3 is 2.52 bits per heavy atom. The predicted octanol–water partition coefficient (Wildman–Crippen LogP) is 2.99. The summed E-state index contributed by atoms with van der Waals surface area (Å²) in [5.74, 6) is 2.53. The number of nitrogens with zero attached hydrogens (tertiary/aromatic N) is 4. The van der Waals surface area contributed by atoms with Crippen molar-refractivity contribution in [2.24, 2.45) is 0 Å². The van der Waals surface area contributed by atoms with Crippen molar-refractivity contribution >= 4 is 16.3 Å². The van der Waals surface area contributed by atoms with Crippen molar-refractivity contribution in [3.05, 3.63) is 24.0 Å². The van der Waals surface area contributed by atoms with Gasteiger partial charge in [-0.25, -0.2) is 0 Å². The molecule has 3 rings (SSSR count). The van der Waals surface area contributed by atoms with E-state index in [0.717, 1.165) is 21.4 Å². The largest absolute Gasteiger partial charge is 0.493 e. The van der Waals surface area contributed by atoms with Crippen molar-refractivity contribution < 1.29 is 9.47 Å². The number of ether oxygens (including phenoxy) is 2. The van der Waals surface area contributed by atoms with E-state index in [4.69, 9.17) is 9.47 Å². The highest BCUT2D eigenvalue weighted by Gasteiger charge is 2.16. The molecular weight excluding hydrogens is 288 g/mol. The molecule has 3 aromatic rings. The Hall–Kier alpha value is -2.15.